The highest BCUT2D eigenvalue weighted by Crippen LogP contribution is 2.31. The predicted octanol–water partition coefficient (Wildman–Crippen LogP) is 4.36. The van der Waals surface area contributed by atoms with E-state index in [1.165, 1.54) is 6.07 Å². The average molecular weight is 449 g/mol. The first-order valence-corrected chi connectivity index (χ1v) is 10.9. The van der Waals surface area contributed by atoms with Crippen LogP contribution in [0.25, 0.3) is 16.8 Å². The van der Waals surface area contributed by atoms with Crippen molar-refractivity contribution in [3.05, 3.63) is 87.1 Å². The first-order chi connectivity index (χ1) is 15.5. The molecule has 0 radical (unpaired) electrons. The molecule has 0 N–H and O–H groups in total. The Kier molecular flexibility index (Phi) is 5.27. The molecule has 7 nitrogen and oxygen atoms in total. The number of aryl methyl sites for hydroxylation is 1. The van der Waals surface area contributed by atoms with Gasteiger partial charge in [0.2, 0.25) is 5.43 Å². The molecule has 2 aromatic carbocycles. The monoisotopic (exact) mass is 448 g/mol. The molecule has 4 aromatic rings. The lowest BCUT2D eigenvalue weighted by Gasteiger charge is -2.30. The van der Waals surface area contributed by atoms with E-state index in [4.69, 9.17) is 16.0 Å². The number of para-hydroxylation sites is 1. The van der Waals surface area contributed by atoms with Gasteiger partial charge in [0.05, 0.1) is 5.69 Å². The molecule has 1 amide bonds. The molecule has 1 aliphatic heterocycles. The fourth-order valence-electron chi connectivity index (χ4n) is 4.10. The van der Waals surface area contributed by atoms with Gasteiger partial charge in [-0.2, -0.15) is 5.10 Å². The van der Waals surface area contributed by atoms with Gasteiger partial charge in [0.15, 0.2) is 17.2 Å². The van der Waals surface area contributed by atoms with Crippen LogP contribution in [0.2, 0.25) is 5.02 Å². The number of likely N-dealkylation sites (tertiary alicyclic amines) is 1. The minimum absolute atomic E-state index is 0.0607. The Labute approximate surface area is 189 Å². The van der Waals surface area contributed by atoms with Crippen LogP contribution in [0.1, 0.15) is 40.8 Å². The third-order valence-electron chi connectivity index (χ3n) is 5.81. The van der Waals surface area contributed by atoms with E-state index in [0.29, 0.717) is 48.1 Å². The van der Waals surface area contributed by atoms with Crippen molar-refractivity contribution in [3.63, 3.8) is 0 Å². The van der Waals surface area contributed by atoms with Crippen LogP contribution in [0.3, 0.4) is 0 Å². The van der Waals surface area contributed by atoms with Crippen molar-refractivity contribution in [3.8, 4) is 5.69 Å². The fourth-order valence-corrected chi connectivity index (χ4v) is 4.26. The SMILES string of the molecule is Cc1cc(=O)c(C(=O)N2CCC(c3nc4cc(Cl)ccc4o3)CC2)nn1-c1ccccc1. The number of rotatable bonds is 3. The van der Waals surface area contributed by atoms with Gasteiger partial charge < -0.3 is 9.32 Å². The summed E-state index contributed by atoms with van der Waals surface area (Å²) in [6.45, 7) is 2.81. The molecule has 5 rings (SSSR count). The van der Waals surface area contributed by atoms with Gasteiger partial charge in [0.25, 0.3) is 5.91 Å². The Hall–Kier alpha value is -3.45. The molecular formula is C24H21ClN4O3. The zero-order valence-corrected chi connectivity index (χ0v) is 18.2. The summed E-state index contributed by atoms with van der Waals surface area (Å²) in [7, 11) is 0. The van der Waals surface area contributed by atoms with E-state index in [1.807, 2.05) is 36.4 Å². The number of oxazole rings is 1. The number of amides is 1. The van der Waals surface area contributed by atoms with Crippen molar-refractivity contribution in [1.29, 1.82) is 0 Å². The lowest BCUT2D eigenvalue weighted by Crippen LogP contribution is -2.41. The smallest absolute Gasteiger partial charge is 0.278 e. The Morgan fingerprint density at radius 3 is 2.59 bits per heavy atom. The molecule has 2 aromatic heterocycles. The van der Waals surface area contributed by atoms with Gasteiger partial charge in [0, 0.05) is 35.8 Å². The van der Waals surface area contributed by atoms with Crippen molar-refractivity contribution in [2.24, 2.45) is 0 Å². The lowest BCUT2D eigenvalue weighted by atomic mass is 9.96. The molecule has 1 saturated heterocycles. The van der Waals surface area contributed by atoms with Crippen LogP contribution >= 0.6 is 11.6 Å². The second kappa shape index (κ2) is 8.24. The van der Waals surface area contributed by atoms with Crippen LogP contribution in [-0.2, 0) is 0 Å². The zero-order chi connectivity index (χ0) is 22.2. The maximum Gasteiger partial charge on any atom is 0.278 e. The first-order valence-electron chi connectivity index (χ1n) is 10.5. The van der Waals surface area contributed by atoms with E-state index in [2.05, 4.69) is 10.1 Å². The largest absolute Gasteiger partial charge is 0.440 e. The van der Waals surface area contributed by atoms with Crippen LogP contribution in [0, 0.1) is 6.92 Å². The molecule has 0 aliphatic carbocycles. The van der Waals surface area contributed by atoms with Gasteiger partial charge in [-0.25, -0.2) is 9.67 Å². The normalized spacial score (nSPS) is 14.8. The summed E-state index contributed by atoms with van der Waals surface area (Å²) in [6.07, 6.45) is 1.40. The van der Waals surface area contributed by atoms with Crippen molar-refractivity contribution >= 4 is 28.6 Å². The fraction of sp³-hybridized carbons (Fsp3) is 0.250. The number of hydrogen-bond acceptors (Lipinski definition) is 5. The highest BCUT2D eigenvalue weighted by atomic mass is 35.5. The first kappa shape index (κ1) is 20.5. The van der Waals surface area contributed by atoms with Crippen LogP contribution in [-0.4, -0.2) is 38.7 Å². The summed E-state index contributed by atoms with van der Waals surface area (Å²) in [4.78, 5) is 32.0. The van der Waals surface area contributed by atoms with E-state index in [0.717, 1.165) is 11.2 Å². The van der Waals surface area contributed by atoms with E-state index in [-0.39, 0.29) is 22.9 Å². The Balaban J connectivity index is 1.34. The maximum absolute atomic E-state index is 13.1. The molecule has 0 unspecified atom stereocenters. The average Bonchev–Trinajstić information content (AvgIpc) is 3.23. The van der Waals surface area contributed by atoms with Crippen LogP contribution in [0.4, 0.5) is 0 Å². The summed E-state index contributed by atoms with van der Waals surface area (Å²) in [6, 6.07) is 16.3. The number of piperidine rings is 1. The highest BCUT2D eigenvalue weighted by Gasteiger charge is 2.29. The van der Waals surface area contributed by atoms with Crippen molar-refractivity contribution < 1.29 is 9.21 Å². The summed E-state index contributed by atoms with van der Waals surface area (Å²) < 4.78 is 7.53. The molecule has 3 heterocycles. The predicted molar refractivity (Wildman–Crippen MR) is 121 cm³/mol. The summed E-state index contributed by atoms with van der Waals surface area (Å²) in [5, 5.41) is 5.02. The number of benzene rings is 2. The summed E-state index contributed by atoms with van der Waals surface area (Å²) >= 11 is 6.04. The van der Waals surface area contributed by atoms with Gasteiger partial charge in [0.1, 0.15) is 5.52 Å². The van der Waals surface area contributed by atoms with Crippen LogP contribution in [0.5, 0.6) is 0 Å². The third-order valence-corrected chi connectivity index (χ3v) is 6.04. The standard InChI is InChI=1S/C24H21ClN4O3/c1-15-13-20(30)22(27-29(15)18-5-3-2-4-6-18)24(31)28-11-9-16(10-12-28)23-26-19-14-17(25)7-8-21(19)32-23/h2-8,13-14,16H,9-12H2,1H3. The van der Waals surface area contributed by atoms with Crippen molar-refractivity contribution in [1.82, 2.24) is 19.7 Å². The summed E-state index contributed by atoms with van der Waals surface area (Å²) in [5.41, 5.74) is 2.48. The minimum atomic E-state index is -0.363. The molecule has 8 heteroatoms. The molecule has 0 saturated carbocycles. The second-order valence-corrected chi connectivity index (χ2v) is 8.41. The Morgan fingerprint density at radius 1 is 1.09 bits per heavy atom. The molecular weight excluding hydrogens is 428 g/mol. The molecule has 1 aliphatic rings. The van der Waals surface area contributed by atoms with E-state index < -0.39 is 0 Å². The molecule has 162 valence electrons. The number of carbonyl (C=O) groups is 1. The highest BCUT2D eigenvalue weighted by molar-refractivity contribution is 6.31. The molecule has 1 fully saturated rings. The van der Waals surface area contributed by atoms with E-state index >= 15 is 0 Å². The quantitative estimate of drug-likeness (QED) is 0.465. The number of aromatic nitrogens is 3. The zero-order valence-electron chi connectivity index (χ0n) is 17.5. The van der Waals surface area contributed by atoms with Crippen LogP contribution < -0.4 is 5.43 Å². The van der Waals surface area contributed by atoms with Crippen LogP contribution in [0.15, 0.2) is 63.8 Å². The Bertz CT molecular complexity index is 1350. The summed E-state index contributed by atoms with van der Waals surface area (Å²) in [5.74, 6) is 0.425. The molecule has 32 heavy (non-hydrogen) atoms. The maximum atomic E-state index is 13.1. The molecule has 0 spiro atoms. The van der Waals surface area contributed by atoms with Crippen molar-refractivity contribution in [2.75, 3.05) is 13.1 Å². The second-order valence-electron chi connectivity index (χ2n) is 7.98. The van der Waals surface area contributed by atoms with E-state index in [1.54, 1.807) is 28.6 Å². The number of halogens is 1. The molecule has 0 atom stereocenters. The topological polar surface area (TPSA) is 81.2 Å². The number of fused-ring (bicyclic) bond motifs is 1. The van der Waals surface area contributed by atoms with Gasteiger partial charge in [-0.3, -0.25) is 9.59 Å². The number of hydrogen-bond donors (Lipinski definition) is 0. The van der Waals surface area contributed by atoms with Gasteiger partial charge in [-0.15, -0.1) is 0 Å². The van der Waals surface area contributed by atoms with Gasteiger partial charge in [-0.1, -0.05) is 29.8 Å². The van der Waals surface area contributed by atoms with Crippen molar-refractivity contribution in [2.45, 2.75) is 25.7 Å². The van der Waals surface area contributed by atoms with E-state index in [9.17, 15) is 9.59 Å². The third kappa shape index (κ3) is 3.80. The number of nitrogens with zero attached hydrogens (tertiary/aromatic N) is 4. The molecule has 0 bridgehead atoms. The minimum Gasteiger partial charge on any atom is -0.440 e. The van der Waals surface area contributed by atoms with Gasteiger partial charge >= 0.3 is 0 Å². The number of carbonyl (C=O) groups excluding carboxylic acids is 1. The lowest BCUT2D eigenvalue weighted by molar-refractivity contribution is 0.0697. The Morgan fingerprint density at radius 2 is 1.84 bits per heavy atom. The van der Waals surface area contributed by atoms with Gasteiger partial charge in [-0.05, 0) is 50.1 Å².